The molecule has 1 heterocycles. The van der Waals surface area contributed by atoms with Gasteiger partial charge in [0.05, 0.1) is 0 Å². The molecule has 20 heavy (non-hydrogen) atoms. The highest BCUT2D eigenvalue weighted by molar-refractivity contribution is 5.80. The van der Waals surface area contributed by atoms with Gasteiger partial charge in [-0.1, -0.05) is 13.8 Å². The van der Waals surface area contributed by atoms with Crippen LogP contribution in [-0.2, 0) is 11.2 Å². The Kier molecular flexibility index (Phi) is 5.12. The molecule has 110 valence electrons. The molecule has 4 nitrogen and oxygen atoms in total. The quantitative estimate of drug-likeness (QED) is 0.830. The van der Waals surface area contributed by atoms with Gasteiger partial charge in [-0.15, -0.1) is 0 Å². The van der Waals surface area contributed by atoms with Crippen molar-refractivity contribution in [1.82, 2.24) is 10.3 Å². The van der Waals surface area contributed by atoms with Crippen molar-refractivity contribution in [3.05, 3.63) is 23.9 Å². The third kappa shape index (κ3) is 4.04. The molecule has 0 aromatic carbocycles. The molecule has 1 saturated carbocycles. The van der Waals surface area contributed by atoms with Crippen LogP contribution in [0.2, 0.25) is 0 Å². The van der Waals surface area contributed by atoms with Crippen LogP contribution in [0.5, 0.6) is 5.88 Å². The van der Waals surface area contributed by atoms with Gasteiger partial charge >= 0.3 is 0 Å². The summed E-state index contributed by atoms with van der Waals surface area (Å²) in [5.74, 6) is 1.10. The van der Waals surface area contributed by atoms with Gasteiger partial charge in [-0.05, 0) is 37.9 Å². The fraction of sp³-hybridized carbons (Fsp3) is 0.625. The van der Waals surface area contributed by atoms with Crippen molar-refractivity contribution >= 4 is 5.78 Å². The van der Waals surface area contributed by atoms with E-state index in [0.29, 0.717) is 24.1 Å². The minimum Gasteiger partial charge on any atom is -0.474 e. The summed E-state index contributed by atoms with van der Waals surface area (Å²) < 4.78 is 5.84. The fourth-order valence-corrected chi connectivity index (χ4v) is 2.29. The molecule has 1 aliphatic carbocycles. The van der Waals surface area contributed by atoms with Crippen molar-refractivity contribution in [1.29, 1.82) is 0 Å². The monoisotopic (exact) mass is 276 g/mol. The zero-order valence-electron chi connectivity index (χ0n) is 12.6. The number of rotatable bonds is 7. The largest absolute Gasteiger partial charge is 0.474 e. The van der Waals surface area contributed by atoms with E-state index in [2.05, 4.69) is 10.3 Å². The minimum atomic E-state index is 0.112. The molecule has 0 amide bonds. The molecule has 1 fully saturated rings. The Morgan fingerprint density at radius 3 is 2.90 bits per heavy atom. The second-order valence-corrected chi connectivity index (χ2v) is 5.82. The first-order chi connectivity index (χ1) is 9.58. The number of ketones is 1. The average molecular weight is 276 g/mol. The van der Waals surface area contributed by atoms with Crippen LogP contribution < -0.4 is 10.1 Å². The van der Waals surface area contributed by atoms with Crippen molar-refractivity contribution in [3.63, 3.8) is 0 Å². The summed E-state index contributed by atoms with van der Waals surface area (Å²) in [6.07, 6.45) is 5.46. The van der Waals surface area contributed by atoms with Gasteiger partial charge in [0.25, 0.3) is 0 Å². The lowest BCUT2D eigenvalue weighted by atomic mass is 9.89. The van der Waals surface area contributed by atoms with Crippen LogP contribution in [-0.4, -0.2) is 30.0 Å². The number of Topliss-reactive ketones (excluding diaryl/α,β-unsaturated/α-hetero) is 1. The van der Waals surface area contributed by atoms with E-state index in [9.17, 15) is 4.79 Å². The zero-order valence-corrected chi connectivity index (χ0v) is 12.6. The first-order valence-electron chi connectivity index (χ1n) is 7.40. The first kappa shape index (κ1) is 15.0. The van der Waals surface area contributed by atoms with Gasteiger partial charge in [-0.2, -0.15) is 0 Å². The second-order valence-electron chi connectivity index (χ2n) is 5.82. The zero-order chi connectivity index (χ0) is 14.5. The molecule has 1 aromatic rings. The minimum absolute atomic E-state index is 0.112. The summed E-state index contributed by atoms with van der Waals surface area (Å²) in [6, 6.07) is 4.49. The fourth-order valence-electron chi connectivity index (χ4n) is 2.29. The van der Waals surface area contributed by atoms with Crippen molar-refractivity contribution in [3.8, 4) is 5.88 Å². The highest BCUT2D eigenvalue weighted by Gasteiger charge is 2.29. The van der Waals surface area contributed by atoms with Crippen molar-refractivity contribution in [2.24, 2.45) is 5.92 Å². The van der Waals surface area contributed by atoms with Crippen molar-refractivity contribution in [2.45, 2.75) is 51.7 Å². The Morgan fingerprint density at radius 2 is 2.25 bits per heavy atom. The molecular weight excluding hydrogens is 252 g/mol. The number of aromatic nitrogens is 1. The summed E-state index contributed by atoms with van der Waals surface area (Å²) in [5.41, 5.74) is 1.12. The number of nitrogens with zero attached hydrogens (tertiary/aromatic N) is 1. The maximum Gasteiger partial charge on any atom is 0.213 e. The Bertz CT molecular complexity index is 454. The van der Waals surface area contributed by atoms with Gasteiger partial charge in [0.1, 0.15) is 11.9 Å². The van der Waals surface area contributed by atoms with Crippen LogP contribution in [0.4, 0.5) is 0 Å². The molecule has 0 atom stereocenters. The normalized spacial score (nSPS) is 21.6. The van der Waals surface area contributed by atoms with Crippen molar-refractivity contribution < 1.29 is 9.53 Å². The van der Waals surface area contributed by atoms with E-state index < -0.39 is 0 Å². The number of hydrogen-bond donors (Lipinski definition) is 1. The molecule has 0 saturated heterocycles. The number of aryl methyl sites for hydroxylation is 1. The standard InChI is InChI=1S/C16H24N2O2/c1-11(2)15(19)5-4-12-6-7-18-16(8-12)20-14-9-13(10-14)17-3/h6-8,11,13-14,17H,4-5,9-10H2,1-3H3/t13-,14+. The lowest BCUT2D eigenvalue weighted by Crippen LogP contribution is -2.45. The first-order valence-corrected chi connectivity index (χ1v) is 7.40. The van der Waals surface area contributed by atoms with E-state index in [1.54, 1.807) is 6.20 Å². The summed E-state index contributed by atoms with van der Waals surface area (Å²) in [5, 5.41) is 3.23. The molecule has 4 heteroatoms. The lowest BCUT2D eigenvalue weighted by Gasteiger charge is -2.34. The van der Waals surface area contributed by atoms with Gasteiger partial charge in [-0.25, -0.2) is 4.98 Å². The van der Waals surface area contributed by atoms with E-state index >= 15 is 0 Å². The van der Waals surface area contributed by atoms with Crippen LogP contribution in [0.15, 0.2) is 18.3 Å². The average Bonchev–Trinajstić information content (AvgIpc) is 2.40. The number of hydrogen-bond acceptors (Lipinski definition) is 4. The molecule has 0 spiro atoms. The summed E-state index contributed by atoms with van der Waals surface area (Å²) in [4.78, 5) is 15.9. The molecule has 1 aliphatic rings. The van der Waals surface area contributed by atoms with Gasteiger partial charge in [0, 0.05) is 30.6 Å². The van der Waals surface area contributed by atoms with Crippen LogP contribution in [0.1, 0.15) is 38.7 Å². The second kappa shape index (κ2) is 6.84. The molecule has 0 bridgehead atoms. The van der Waals surface area contributed by atoms with Gasteiger partial charge in [0.2, 0.25) is 5.88 Å². The van der Waals surface area contributed by atoms with E-state index in [4.69, 9.17) is 4.74 Å². The summed E-state index contributed by atoms with van der Waals surface area (Å²) in [6.45, 7) is 3.89. The summed E-state index contributed by atoms with van der Waals surface area (Å²) >= 11 is 0. The van der Waals surface area contributed by atoms with Crippen LogP contribution in [0.3, 0.4) is 0 Å². The predicted octanol–water partition coefficient (Wildman–Crippen LogP) is 2.37. The van der Waals surface area contributed by atoms with E-state index in [1.165, 1.54) is 0 Å². The number of carbonyl (C=O) groups is 1. The Labute approximate surface area is 120 Å². The SMILES string of the molecule is CN[C@H]1C[C@@H](Oc2cc(CCC(=O)C(C)C)ccn2)C1. The molecule has 2 rings (SSSR count). The topological polar surface area (TPSA) is 51.2 Å². The molecule has 1 N–H and O–H groups in total. The predicted molar refractivity (Wildman–Crippen MR) is 78.9 cm³/mol. The Hall–Kier alpha value is -1.42. The maximum atomic E-state index is 11.6. The Morgan fingerprint density at radius 1 is 1.50 bits per heavy atom. The van der Waals surface area contributed by atoms with Crippen LogP contribution >= 0.6 is 0 Å². The number of ether oxygens (including phenoxy) is 1. The van der Waals surface area contributed by atoms with Crippen LogP contribution in [0, 0.1) is 5.92 Å². The van der Waals surface area contributed by atoms with Gasteiger partial charge in [-0.3, -0.25) is 4.79 Å². The third-order valence-electron chi connectivity index (χ3n) is 3.89. The lowest BCUT2D eigenvalue weighted by molar-refractivity contribution is -0.121. The molecule has 0 radical (unpaired) electrons. The molecule has 1 aromatic heterocycles. The van der Waals surface area contributed by atoms with Gasteiger partial charge in [0.15, 0.2) is 0 Å². The smallest absolute Gasteiger partial charge is 0.213 e. The Balaban J connectivity index is 1.83. The maximum absolute atomic E-state index is 11.6. The van der Waals surface area contributed by atoms with E-state index in [1.807, 2.05) is 33.0 Å². The number of pyridine rings is 1. The highest BCUT2D eigenvalue weighted by atomic mass is 16.5. The van der Waals surface area contributed by atoms with Crippen molar-refractivity contribution in [2.75, 3.05) is 7.05 Å². The molecule has 0 aliphatic heterocycles. The number of nitrogens with one attached hydrogen (secondary N) is 1. The van der Waals surface area contributed by atoms with E-state index in [0.717, 1.165) is 24.8 Å². The third-order valence-corrected chi connectivity index (χ3v) is 3.89. The molecular formula is C16H24N2O2. The van der Waals surface area contributed by atoms with E-state index in [-0.39, 0.29) is 12.0 Å². The summed E-state index contributed by atoms with van der Waals surface area (Å²) in [7, 11) is 1.98. The molecule has 0 unspecified atom stereocenters. The highest BCUT2D eigenvalue weighted by Crippen LogP contribution is 2.25. The number of carbonyl (C=O) groups excluding carboxylic acids is 1. The van der Waals surface area contributed by atoms with Gasteiger partial charge < -0.3 is 10.1 Å². The van der Waals surface area contributed by atoms with Crippen LogP contribution in [0.25, 0.3) is 0 Å².